The van der Waals surface area contributed by atoms with Gasteiger partial charge in [-0.25, -0.2) is 8.42 Å². The van der Waals surface area contributed by atoms with Crippen molar-refractivity contribution in [3.05, 3.63) is 24.3 Å². The lowest BCUT2D eigenvalue weighted by molar-refractivity contribution is 0.601. The maximum Gasteiger partial charge on any atom is 0.177 e. The second-order valence-corrected chi connectivity index (χ2v) is 6.43. The summed E-state index contributed by atoms with van der Waals surface area (Å²) in [5.41, 5.74) is 0.698. The predicted octanol–water partition coefficient (Wildman–Crippen LogP) is 1.25. The molecular weight excluding hydrogens is 236 g/mol. The Balaban J connectivity index is 2.09. The molecule has 94 valence electrons. The molecule has 4 nitrogen and oxygen atoms in total. The smallest absolute Gasteiger partial charge is 0.177 e. The van der Waals surface area contributed by atoms with Crippen LogP contribution in [0, 0.1) is 0 Å². The van der Waals surface area contributed by atoms with Crippen molar-refractivity contribution >= 4 is 15.5 Å². The van der Waals surface area contributed by atoms with Crippen molar-refractivity contribution in [1.29, 1.82) is 0 Å². The molecule has 5 heteroatoms. The van der Waals surface area contributed by atoms with Gasteiger partial charge in [0.25, 0.3) is 0 Å². The van der Waals surface area contributed by atoms with Crippen LogP contribution in [0.25, 0.3) is 0 Å². The first-order valence-corrected chi connectivity index (χ1v) is 7.73. The molecule has 1 aromatic carbocycles. The van der Waals surface area contributed by atoms with Gasteiger partial charge in [-0.1, -0.05) is 12.1 Å². The predicted molar refractivity (Wildman–Crippen MR) is 69.1 cm³/mol. The summed E-state index contributed by atoms with van der Waals surface area (Å²) in [7, 11) is -3.16. The van der Waals surface area contributed by atoms with Crippen molar-refractivity contribution in [2.75, 3.05) is 24.7 Å². The monoisotopic (exact) mass is 254 g/mol. The molecule has 2 N–H and O–H groups in total. The van der Waals surface area contributed by atoms with Crippen LogP contribution in [0.15, 0.2) is 29.2 Å². The molecule has 1 fully saturated rings. The number of para-hydroxylation sites is 1. The highest BCUT2D eigenvalue weighted by Gasteiger charge is 2.16. The van der Waals surface area contributed by atoms with Crippen molar-refractivity contribution in [2.45, 2.75) is 23.8 Å². The maximum absolute atomic E-state index is 11.6. The topological polar surface area (TPSA) is 58.2 Å². The highest BCUT2D eigenvalue weighted by atomic mass is 32.2. The standard InChI is InChI=1S/C12H18N2O2S/c1-17(15,16)12-7-3-2-6-11(12)14-9-10-5-4-8-13-10/h2-3,6-7,10,13-14H,4-5,8-9H2,1H3. The van der Waals surface area contributed by atoms with Gasteiger partial charge in [0.05, 0.1) is 10.6 Å². The molecule has 1 aliphatic heterocycles. The van der Waals surface area contributed by atoms with Crippen LogP contribution in [0.5, 0.6) is 0 Å². The first-order valence-electron chi connectivity index (χ1n) is 5.84. The molecular formula is C12H18N2O2S. The van der Waals surface area contributed by atoms with Crippen LogP contribution in [-0.2, 0) is 9.84 Å². The normalized spacial score (nSPS) is 20.4. The Bertz CT molecular complexity index is 479. The molecule has 1 atom stereocenters. The van der Waals surface area contributed by atoms with Crippen LogP contribution in [0.4, 0.5) is 5.69 Å². The van der Waals surface area contributed by atoms with Crippen molar-refractivity contribution < 1.29 is 8.42 Å². The second kappa shape index (κ2) is 5.06. The summed E-state index contributed by atoms with van der Waals surface area (Å²) in [4.78, 5) is 0.373. The molecule has 2 rings (SSSR count). The van der Waals surface area contributed by atoms with Crippen LogP contribution >= 0.6 is 0 Å². The molecule has 0 amide bonds. The van der Waals surface area contributed by atoms with E-state index in [4.69, 9.17) is 0 Å². The van der Waals surface area contributed by atoms with Gasteiger partial charge in [0.15, 0.2) is 9.84 Å². The van der Waals surface area contributed by atoms with E-state index in [1.165, 1.54) is 12.7 Å². The summed E-state index contributed by atoms with van der Waals surface area (Å²) in [6, 6.07) is 7.49. The molecule has 1 unspecified atom stereocenters. The quantitative estimate of drug-likeness (QED) is 0.849. The number of hydrogen-bond acceptors (Lipinski definition) is 4. The summed E-state index contributed by atoms with van der Waals surface area (Å²) in [5, 5.41) is 6.59. The Kier molecular flexibility index (Phi) is 3.69. The molecule has 0 aliphatic carbocycles. The fourth-order valence-electron chi connectivity index (χ4n) is 2.10. The number of benzene rings is 1. The minimum atomic E-state index is -3.16. The summed E-state index contributed by atoms with van der Waals surface area (Å²) >= 11 is 0. The van der Waals surface area contributed by atoms with Crippen molar-refractivity contribution in [2.24, 2.45) is 0 Å². The van der Waals surface area contributed by atoms with Gasteiger partial charge < -0.3 is 10.6 Å². The largest absolute Gasteiger partial charge is 0.382 e. The minimum Gasteiger partial charge on any atom is -0.382 e. The Morgan fingerprint density at radius 2 is 2.18 bits per heavy atom. The van der Waals surface area contributed by atoms with Gasteiger partial charge in [0.1, 0.15) is 0 Å². The number of sulfone groups is 1. The fraction of sp³-hybridized carbons (Fsp3) is 0.500. The van der Waals surface area contributed by atoms with E-state index in [2.05, 4.69) is 10.6 Å². The Labute approximate surface area is 102 Å². The van der Waals surface area contributed by atoms with Crippen LogP contribution in [-0.4, -0.2) is 33.8 Å². The molecule has 1 heterocycles. The summed E-state index contributed by atoms with van der Waals surface area (Å²) < 4.78 is 23.2. The second-order valence-electron chi connectivity index (χ2n) is 4.44. The van der Waals surface area contributed by atoms with E-state index in [1.54, 1.807) is 12.1 Å². The van der Waals surface area contributed by atoms with Gasteiger partial charge in [-0.05, 0) is 31.5 Å². The van der Waals surface area contributed by atoms with Crippen LogP contribution in [0.3, 0.4) is 0 Å². The molecule has 0 bridgehead atoms. The average Bonchev–Trinajstić information content (AvgIpc) is 2.78. The molecule has 0 radical (unpaired) electrons. The lowest BCUT2D eigenvalue weighted by atomic mass is 10.2. The summed E-state index contributed by atoms with van der Waals surface area (Å²) in [6.07, 6.45) is 3.58. The maximum atomic E-state index is 11.6. The van der Waals surface area contributed by atoms with Gasteiger partial charge in [-0.3, -0.25) is 0 Å². The van der Waals surface area contributed by atoms with Gasteiger partial charge in [-0.2, -0.15) is 0 Å². The fourth-order valence-corrected chi connectivity index (χ4v) is 2.97. The highest BCUT2D eigenvalue weighted by Crippen LogP contribution is 2.20. The van der Waals surface area contributed by atoms with E-state index in [-0.39, 0.29) is 0 Å². The van der Waals surface area contributed by atoms with E-state index >= 15 is 0 Å². The van der Waals surface area contributed by atoms with Crippen LogP contribution < -0.4 is 10.6 Å². The number of anilines is 1. The molecule has 0 spiro atoms. The molecule has 0 aromatic heterocycles. The van der Waals surface area contributed by atoms with Crippen LogP contribution in [0.2, 0.25) is 0 Å². The molecule has 17 heavy (non-hydrogen) atoms. The number of nitrogens with one attached hydrogen (secondary N) is 2. The van der Waals surface area contributed by atoms with E-state index in [9.17, 15) is 8.42 Å². The third-order valence-electron chi connectivity index (χ3n) is 2.99. The van der Waals surface area contributed by atoms with E-state index in [1.807, 2.05) is 12.1 Å². The molecule has 0 saturated carbocycles. The van der Waals surface area contributed by atoms with Crippen LogP contribution in [0.1, 0.15) is 12.8 Å². The SMILES string of the molecule is CS(=O)(=O)c1ccccc1NCC1CCCN1. The minimum absolute atomic E-state index is 0.373. The van der Waals surface area contributed by atoms with E-state index in [0.717, 1.165) is 19.5 Å². The van der Waals surface area contributed by atoms with Gasteiger partial charge >= 0.3 is 0 Å². The Morgan fingerprint density at radius 1 is 1.41 bits per heavy atom. The lowest BCUT2D eigenvalue weighted by Gasteiger charge is -2.14. The van der Waals surface area contributed by atoms with Crippen molar-refractivity contribution in [1.82, 2.24) is 5.32 Å². The average molecular weight is 254 g/mol. The number of hydrogen-bond donors (Lipinski definition) is 2. The zero-order chi connectivity index (χ0) is 12.3. The first-order chi connectivity index (χ1) is 8.07. The van der Waals surface area contributed by atoms with Gasteiger partial charge in [-0.15, -0.1) is 0 Å². The van der Waals surface area contributed by atoms with Gasteiger partial charge in [0.2, 0.25) is 0 Å². The van der Waals surface area contributed by atoms with Gasteiger partial charge in [0, 0.05) is 18.8 Å². The Morgan fingerprint density at radius 3 is 2.82 bits per heavy atom. The van der Waals surface area contributed by atoms with Crippen molar-refractivity contribution in [3.63, 3.8) is 0 Å². The zero-order valence-electron chi connectivity index (χ0n) is 9.94. The molecule has 1 aromatic rings. The first kappa shape index (κ1) is 12.4. The number of rotatable bonds is 4. The Hall–Kier alpha value is -1.07. The van der Waals surface area contributed by atoms with E-state index < -0.39 is 9.84 Å². The zero-order valence-corrected chi connectivity index (χ0v) is 10.8. The van der Waals surface area contributed by atoms with E-state index in [0.29, 0.717) is 16.6 Å². The molecule has 1 aliphatic rings. The third kappa shape index (κ3) is 3.20. The lowest BCUT2D eigenvalue weighted by Crippen LogP contribution is -2.29. The summed E-state index contributed by atoms with van der Waals surface area (Å²) in [6.45, 7) is 1.83. The summed E-state index contributed by atoms with van der Waals surface area (Å²) in [5.74, 6) is 0. The highest BCUT2D eigenvalue weighted by molar-refractivity contribution is 7.90. The molecule has 1 saturated heterocycles. The third-order valence-corrected chi connectivity index (χ3v) is 4.14. The van der Waals surface area contributed by atoms with Crippen molar-refractivity contribution in [3.8, 4) is 0 Å².